The average molecular weight is 330 g/mol. The largest absolute Gasteiger partial charge is 0.395 e. The SMILES string of the molecule is CC(O)C(CO)NS(=O)(=O)c1ccc(Br)s1. The number of rotatable bonds is 5. The number of nitrogens with one attached hydrogen (secondary N) is 1. The van der Waals surface area contributed by atoms with Crippen LogP contribution >= 0.6 is 27.3 Å². The third-order valence-electron chi connectivity index (χ3n) is 1.90. The van der Waals surface area contributed by atoms with Gasteiger partial charge in [0.25, 0.3) is 10.0 Å². The van der Waals surface area contributed by atoms with Crippen LogP contribution in [0.25, 0.3) is 0 Å². The highest BCUT2D eigenvalue weighted by Gasteiger charge is 2.23. The Hall–Kier alpha value is 0.01000. The predicted molar refractivity (Wildman–Crippen MR) is 64.9 cm³/mol. The Labute approximate surface area is 106 Å². The van der Waals surface area contributed by atoms with E-state index < -0.39 is 28.8 Å². The van der Waals surface area contributed by atoms with Crippen molar-refractivity contribution in [2.24, 2.45) is 0 Å². The molecule has 3 N–H and O–H groups in total. The predicted octanol–water partition coefficient (Wildman–Crippen LogP) is 0.531. The van der Waals surface area contributed by atoms with Crippen LogP contribution < -0.4 is 4.72 Å². The fraction of sp³-hybridized carbons (Fsp3) is 0.500. The molecule has 16 heavy (non-hydrogen) atoms. The number of aliphatic hydroxyl groups excluding tert-OH is 2. The average Bonchev–Trinajstić information content (AvgIpc) is 2.61. The van der Waals surface area contributed by atoms with E-state index in [-0.39, 0.29) is 4.21 Å². The fourth-order valence-corrected chi connectivity index (χ4v) is 4.31. The van der Waals surface area contributed by atoms with Gasteiger partial charge >= 0.3 is 0 Å². The minimum Gasteiger partial charge on any atom is -0.395 e. The van der Waals surface area contributed by atoms with Crippen molar-refractivity contribution in [3.63, 3.8) is 0 Å². The van der Waals surface area contributed by atoms with Crippen molar-refractivity contribution in [2.45, 2.75) is 23.3 Å². The van der Waals surface area contributed by atoms with Crippen molar-refractivity contribution < 1.29 is 18.6 Å². The maximum atomic E-state index is 11.8. The van der Waals surface area contributed by atoms with Crippen LogP contribution in [0.15, 0.2) is 20.1 Å². The van der Waals surface area contributed by atoms with E-state index in [0.29, 0.717) is 3.79 Å². The number of aliphatic hydroxyl groups is 2. The van der Waals surface area contributed by atoms with Gasteiger partial charge in [-0.15, -0.1) is 11.3 Å². The number of thiophene rings is 1. The maximum Gasteiger partial charge on any atom is 0.250 e. The summed E-state index contributed by atoms with van der Waals surface area (Å²) in [6, 6.07) is 2.18. The first-order valence-electron chi connectivity index (χ1n) is 4.43. The zero-order valence-corrected chi connectivity index (χ0v) is 11.6. The van der Waals surface area contributed by atoms with E-state index in [1.807, 2.05) is 0 Å². The lowest BCUT2D eigenvalue weighted by Crippen LogP contribution is -2.44. The molecule has 0 aliphatic rings. The molecule has 0 radical (unpaired) electrons. The Morgan fingerprint density at radius 2 is 2.19 bits per heavy atom. The molecule has 0 fully saturated rings. The Morgan fingerprint density at radius 1 is 1.56 bits per heavy atom. The van der Waals surface area contributed by atoms with Crippen molar-refractivity contribution in [3.8, 4) is 0 Å². The second kappa shape index (κ2) is 5.56. The second-order valence-corrected chi connectivity index (χ2v) is 7.61. The van der Waals surface area contributed by atoms with Gasteiger partial charge in [-0.25, -0.2) is 13.1 Å². The van der Waals surface area contributed by atoms with Gasteiger partial charge in [-0.3, -0.25) is 0 Å². The Kier molecular flexibility index (Phi) is 4.89. The number of hydrogen-bond acceptors (Lipinski definition) is 5. The smallest absolute Gasteiger partial charge is 0.250 e. The summed E-state index contributed by atoms with van der Waals surface area (Å²) in [5, 5.41) is 18.2. The molecule has 0 aromatic carbocycles. The second-order valence-electron chi connectivity index (χ2n) is 3.21. The fourth-order valence-electron chi connectivity index (χ4n) is 0.988. The van der Waals surface area contributed by atoms with Gasteiger partial charge in [-0.1, -0.05) is 0 Å². The van der Waals surface area contributed by atoms with Gasteiger partial charge < -0.3 is 10.2 Å². The van der Waals surface area contributed by atoms with E-state index in [9.17, 15) is 13.5 Å². The highest BCUT2D eigenvalue weighted by atomic mass is 79.9. The summed E-state index contributed by atoms with van der Waals surface area (Å²) in [6.07, 6.45) is -0.955. The van der Waals surface area contributed by atoms with Crippen LogP contribution in [0.1, 0.15) is 6.92 Å². The first kappa shape index (κ1) is 14.1. The molecule has 92 valence electrons. The lowest BCUT2D eigenvalue weighted by atomic mass is 10.2. The van der Waals surface area contributed by atoms with E-state index in [4.69, 9.17) is 5.11 Å². The summed E-state index contributed by atoms with van der Waals surface area (Å²) in [5.74, 6) is 0. The molecule has 0 saturated carbocycles. The van der Waals surface area contributed by atoms with E-state index in [1.165, 1.54) is 13.0 Å². The summed E-state index contributed by atoms with van der Waals surface area (Å²) in [5.41, 5.74) is 0. The first-order chi connectivity index (χ1) is 7.36. The number of sulfonamides is 1. The molecule has 0 amide bonds. The molecule has 0 aliphatic carbocycles. The van der Waals surface area contributed by atoms with Crippen molar-refractivity contribution in [1.29, 1.82) is 0 Å². The van der Waals surface area contributed by atoms with Crippen LogP contribution in [-0.2, 0) is 10.0 Å². The minimum absolute atomic E-state index is 0.137. The summed E-state index contributed by atoms with van der Waals surface area (Å²) < 4.78 is 26.6. The molecular formula is C8H12BrNO4S2. The standard InChI is InChI=1S/C8H12BrNO4S2/c1-5(12)6(4-11)10-16(13,14)8-3-2-7(9)15-8/h2-3,5-6,10-12H,4H2,1H3. The Bertz CT molecular complexity index is 443. The lowest BCUT2D eigenvalue weighted by Gasteiger charge is -2.18. The van der Waals surface area contributed by atoms with Crippen LogP contribution in [0, 0.1) is 0 Å². The molecule has 0 bridgehead atoms. The van der Waals surface area contributed by atoms with Crippen LogP contribution in [0.2, 0.25) is 0 Å². The number of halogens is 1. The highest BCUT2D eigenvalue weighted by Crippen LogP contribution is 2.26. The van der Waals surface area contributed by atoms with E-state index in [2.05, 4.69) is 20.7 Å². The van der Waals surface area contributed by atoms with Crippen LogP contribution in [-0.4, -0.2) is 37.4 Å². The van der Waals surface area contributed by atoms with Gasteiger partial charge in [0, 0.05) is 0 Å². The van der Waals surface area contributed by atoms with E-state index in [0.717, 1.165) is 11.3 Å². The van der Waals surface area contributed by atoms with Crippen LogP contribution in [0.4, 0.5) is 0 Å². The van der Waals surface area contributed by atoms with Gasteiger partial charge in [0.2, 0.25) is 0 Å². The van der Waals surface area contributed by atoms with Gasteiger partial charge in [0.05, 0.1) is 22.5 Å². The first-order valence-corrected chi connectivity index (χ1v) is 7.52. The lowest BCUT2D eigenvalue weighted by molar-refractivity contribution is 0.115. The highest BCUT2D eigenvalue weighted by molar-refractivity contribution is 9.11. The summed E-state index contributed by atoms with van der Waals surface area (Å²) >= 11 is 4.23. The topological polar surface area (TPSA) is 86.6 Å². The normalized spacial score (nSPS) is 16.0. The summed E-state index contributed by atoms with van der Waals surface area (Å²) in [4.78, 5) is 0. The quantitative estimate of drug-likeness (QED) is 0.735. The maximum absolute atomic E-state index is 11.8. The minimum atomic E-state index is -3.68. The van der Waals surface area contributed by atoms with Crippen molar-refractivity contribution in [2.75, 3.05) is 6.61 Å². The van der Waals surface area contributed by atoms with Crippen LogP contribution in [0.3, 0.4) is 0 Å². The summed E-state index contributed by atoms with van der Waals surface area (Å²) in [6.45, 7) is 0.956. The molecule has 2 atom stereocenters. The zero-order chi connectivity index (χ0) is 12.3. The molecule has 1 aromatic rings. The Balaban J connectivity index is 2.87. The van der Waals surface area contributed by atoms with E-state index >= 15 is 0 Å². The third kappa shape index (κ3) is 3.51. The van der Waals surface area contributed by atoms with Crippen molar-refractivity contribution in [3.05, 3.63) is 15.9 Å². The molecule has 1 heterocycles. The van der Waals surface area contributed by atoms with Gasteiger partial charge in [0.15, 0.2) is 0 Å². The van der Waals surface area contributed by atoms with Crippen molar-refractivity contribution >= 4 is 37.3 Å². The molecule has 1 aromatic heterocycles. The van der Waals surface area contributed by atoms with E-state index in [1.54, 1.807) is 6.07 Å². The monoisotopic (exact) mass is 329 g/mol. The van der Waals surface area contributed by atoms with Gasteiger partial charge in [-0.2, -0.15) is 0 Å². The molecule has 1 rings (SSSR count). The molecule has 5 nitrogen and oxygen atoms in total. The molecular weight excluding hydrogens is 318 g/mol. The molecule has 0 saturated heterocycles. The third-order valence-corrected chi connectivity index (χ3v) is 5.50. The molecule has 0 aliphatic heterocycles. The molecule has 0 spiro atoms. The molecule has 2 unspecified atom stereocenters. The van der Waals surface area contributed by atoms with Gasteiger partial charge in [-0.05, 0) is 35.0 Å². The Morgan fingerprint density at radius 3 is 2.56 bits per heavy atom. The summed E-state index contributed by atoms with van der Waals surface area (Å²) in [7, 11) is -3.68. The van der Waals surface area contributed by atoms with Crippen molar-refractivity contribution in [1.82, 2.24) is 4.72 Å². The number of hydrogen-bond donors (Lipinski definition) is 3. The zero-order valence-electron chi connectivity index (χ0n) is 8.42. The van der Waals surface area contributed by atoms with Gasteiger partial charge in [0.1, 0.15) is 4.21 Å². The van der Waals surface area contributed by atoms with Crippen LogP contribution in [0.5, 0.6) is 0 Å². The molecule has 8 heteroatoms.